The highest BCUT2D eigenvalue weighted by molar-refractivity contribution is 6.46. The molecule has 0 spiro atoms. The first kappa shape index (κ1) is 24.8. The Labute approximate surface area is 200 Å². The predicted octanol–water partition coefficient (Wildman–Crippen LogP) is 2.01. The van der Waals surface area contributed by atoms with Gasteiger partial charge in [0.15, 0.2) is 0 Å². The van der Waals surface area contributed by atoms with E-state index in [1.165, 1.54) is 18.1 Å². The fourth-order valence-corrected chi connectivity index (χ4v) is 4.18. The molecule has 0 saturated carbocycles. The lowest BCUT2D eigenvalue weighted by Crippen LogP contribution is -3.06. The fraction of sp³-hybridized carbons (Fsp3) is 0.385. The van der Waals surface area contributed by atoms with Gasteiger partial charge in [-0.3, -0.25) is 9.59 Å². The van der Waals surface area contributed by atoms with Crippen molar-refractivity contribution in [2.24, 2.45) is 0 Å². The number of ketones is 1. The van der Waals surface area contributed by atoms with Crippen LogP contribution in [0.1, 0.15) is 43.5 Å². The number of hydrogen-bond acceptors (Lipinski definition) is 4. The molecule has 1 saturated heterocycles. The van der Waals surface area contributed by atoms with Gasteiger partial charge in [0.05, 0.1) is 45.4 Å². The molecule has 6 nitrogen and oxygen atoms in total. The summed E-state index contributed by atoms with van der Waals surface area (Å²) in [6.45, 7) is 7.35. The zero-order valence-electron chi connectivity index (χ0n) is 20.0. The monoisotopic (exact) mass is 470 g/mol. The van der Waals surface area contributed by atoms with Gasteiger partial charge >= 0.3 is 0 Å². The van der Waals surface area contributed by atoms with Gasteiger partial charge in [0.25, 0.3) is 5.91 Å². The fourth-order valence-electron chi connectivity index (χ4n) is 3.92. The van der Waals surface area contributed by atoms with E-state index in [1.807, 2.05) is 38.4 Å². The first-order valence-electron chi connectivity index (χ1n) is 11.0. The van der Waals surface area contributed by atoms with E-state index in [0.29, 0.717) is 18.8 Å². The van der Waals surface area contributed by atoms with E-state index in [0.717, 1.165) is 16.0 Å². The number of benzene rings is 2. The number of likely N-dealkylation sites (tertiary alicyclic amines) is 1. The average Bonchev–Trinajstić information content (AvgIpc) is 3.01. The summed E-state index contributed by atoms with van der Waals surface area (Å²) in [6, 6.07) is 11.7. The van der Waals surface area contributed by atoms with Crippen molar-refractivity contribution < 1.29 is 24.3 Å². The van der Waals surface area contributed by atoms with Crippen LogP contribution in [0.3, 0.4) is 0 Å². The summed E-state index contributed by atoms with van der Waals surface area (Å²) in [5.41, 5.74) is 2.02. The minimum absolute atomic E-state index is 0.0431. The molecule has 176 valence electrons. The third-order valence-corrected chi connectivity index (χ3v) is 6.18. The zero-order chi connectivity index (χ0) is 24.5. The van der Waals surface area contributed by atoms with Crippen molar-refractivity contribution in [3.63, 3.8) is 0 Å². The van der Waals surface area contributed by atoms with Crippen molar-refractivity contribution in [3.8, 4) is 5.75 Å². The van der Waals surface area contributed by atoms with Crippen LogP contribution in [0.15, 0.2) is 48.0 Å². The van der Waals surface area contributed by atoms with Crippen molar-refractivity contribution in [2.45, 2.75) is 32.2 Å². The molecular formula is C26H31ClN2O4. The van der Waals surface area contributed by atoms with E-state index in [4.69, 9.17) is 16.3 Å². The number of methoxy groups -OCH3 is 1. The summed E-state index contributed by atoms with van der Waals surface area (Å²) < 4.78 is 5.16. The highest BCUT2D eigenvalue weighted by atomic mass is 35.5. The molecule has 0 aliphatic carbocycles. The molecular weight excluding hydrogens is 440 g/mol. The second kappa shape index (κ2) is 9.57. The minimum Gasteiger partial charge on any atom is -0.872 e. The number of Topliss-reactive ketones (excluding diaryl/α,β-unsaturated/α-hetero) is 1. The SMILES string of the molecule is COc1ccc(/C([O-])=C2\C(=O)C(=O)N(CC[NH+](C)C)C2c2ccc(C(C)(C)C)cc2)cc1Cl. The predicted molar refractivity (Wildman–Crippen MR) is 127 cm³/mol. The topological polar surface area (TPSA) is 74.1 Å². The molecule has 1 amide bonds. The molecule has 1 heterocycles. The van der Waals surface area contributed by atoms with Gasteiger partial charge in [0.1, 0.15) is 5.75 Å². The minimum atomic E-state index is -0.759. The molecule has 1 unspecified atom stereocenters. The Bertz CT molecular complexity index is 1080. The molecule has 3 rings (SSSR count). The van der Waals surface area contributed by atoms with Crippen LogP contribution in [-0.2, 0) is 15.0 Å². The molecule has 2 aromatic rings. The summed E-state index contributed by atoms with van der Waals surface area (Å²) >= 11 is 6.22. The molecule has 1 N–H and O–H groups in total. The molecule has 1 atom stereocenters. The summed E-state index contributed by atoms with van der Waals surface area (Å²) in [5, 5.41) is 13.8. The van der Waals surface area contributed by atoms with Crippen LogP contribution in [0.5, 0.6) is 5.75 Å². The lowest BCUT2D eigenvalue weighted by molar-refractivity contribution is -0.857. The number of carbonyl (C=O) groups excluding carboxylic acids is 2. The van der Waals surface area contributed by atoms with Gasteiger partial charge in [-0.05, 0) is 34.2 Å². The van der Waals surface area contributed by atoms with E-state index >= 15 is 0 Å². The van der Waals surface area contributed by atoms with Gasteiger partial charge in [-0.1, -0.05) is 68.5 Å². The third-order valence-electron chi connectivity index (χ3n) is 5.89. The molecule has 0 bridgehead atoms. The lowest BCUT2D eigenvalue weighted by Gasteiger charge is -2.28. The molecule has 33 heavy (non-hydrogen) atoms. The van der Waals surface area contributed by atoms with Gasteiger partial charge in [0.2, 0.25) is 5.78 Å². The van der Waals surface area contributed by atoms with Gasteiger partial charge in [-0.15, -0.1) is 0 Å². The first-order chi connectivity index (χ1) is 15.5. The van der Waals surface area contributed by atoms with Crippen molar-refractivity contribution >= 4 is 29.1 Å². The molecule has 1 aliphatic rings. The van der Waals surface area contributed by atoms with E-state index < -0.39 is 23.5 Å². The van der Waals surface area contributed by atoms with Gasteiger partial charge < -0.3 is 19.6 Å². The Hall–Kier alpha value is -2.83. The number of nitrogens with one attached hydrogen (secondary N) is 1. The van der Waals surface area contributed by atoms with Crippen LogP contribution >= 0.6 is 11.6 Å². The van der Waals surface area contributed by atoms with Gasteiger partial charge in [-0.25, -0.2) is 0 Å². The first-order valence-corrected chi connectivity index (χ1v) is 11.3. The van der Waals surface area contributed by atoms with E-state index in [1.54, 1.807) is 12.1 Å². The number of ether oxygens (including phenoxy) is 1. The van der Waals surface area contributed by atoms with Crippen LogP contribution < -0.4 is 14.7 Å². The Balaban J connectivity index is 2.15. The number of likely N-dealkylation sites (N-methyl/N-ethyl adjacent to an activating group) is 1. The van der Waals surface area contributed by atoms with E-state index in [9.17, 15) is 14.7 Å². The molecule has 7 heteroatoms. The molecule has 1 fully saturated rings. The number of rotatable bonds is 6. The van der Waals surface area contributed by atoms with E-state index in [2.05, 4.69) is 20.8 Å². The Morgan fingerprint density at radius 1 is 1.12 bits per heavy atom. The summed E-state index contributed by atoms with van der Waals surface area (Å²) in [4.78, 5) is 28.7. The summed E-state index contributed by atoms with van der Waals surface area (Å²) in [7, 11) is 5.44. The number of halogens is 1. The lowest BCUT2D eigenvalue weighted by atomic mass is 9.85. The number of quaternary nitrogens is 1. The van der Waals surface area contributed by atoms with Crippen LogP contribution in [0.4, 0.5) is 0 Å². The number of nitrogens with zero attached hydrogens (tertiary/aromatic N) is 1. The molecule has 0 aromatic heterocycles. The van der Waals surface area contributed by atoms with Crippen LogP contribution in [0, 0.1) is 0 Å². The maximum absolute atomic E-state index is 13.5. The normalized spacial score (nSPS) is 18.3. The largest absolute Gasteiger partial charge is 0.872 e. The second-order valence-corrected chi connectivity index (χ2v) is 10.1. The summed E-state index contributed by atoms with van der Waals surface area (Å²) in [6.07, 6.45) is 0. The quantitative estimate of drug-likeness (QED) is 0.398. The highest BCUT2D eigenvalue weighted by Crippen LogP contribution is 2.39. The number of carbonyl (C=O) groups is 2. The maximum Gasteiger partial charge on any atom is 0.295 e. The van der Waals surface area contributed by atoms with Crippen molar-refractivity contribution in [2.75, 3.05) is 34.3 Å². The maximum atomic E-state index is 13.5. The number of amides is 1. The smallest absolute Gasteiger partial charge is 0.295 e. The van der Waals surface area contributed by atoms with Crippen molar-refractivity contribution in [1.82, 2.24) is 4.90 Å². The number of hydrogen-bond donors (Lipinski definition) is 1. The Morgan fingerprint density at radius 2 is 1.76 bits per heavy atom. The molecule has 1 aliphatic heterocycles. The van der Waals surface area contributed by atoms with Crippen LogP contribution in [0.2, 0.25) is 5.02 Å². The van der Waals surface area contributed by atoms with Crippen LogP contribution in [-0.4, -0.2) is 50.9 Å². The van der Waals surface area contributed by atoms with Crippen molar-refractivity contribution in [1.29, 1.82) is 0 Å². The average molecular weight is 471 g/mol. The molecule has 0 radical (unpaired) electrons. The van der Waals surface area contributed by atoms with Crippen molar-refractivity contribution in [3.05, 3.63) is 69.8 Å². The van der Waals surface area contributed by atoms with Gasteiger partial charge in [0, 0.05) is 5.57 Å². The third kappa shape index (κ3) is 5.07. The second-order valence-electron chi connectivity index (χ2n) is 9.65. The highest BCUT2D eigenvalue weighted by Gasteiger charge is 2.44. The standard InChI is InChI=1S/C26H31ClN2O4/c1-26(2,3)18-10-7-16(8-11-18)22-21(24(31)25(32)29(22)14-13-28(4)5)23(30)17-9-12-20(33-6)19(27)15-17/h7-12,15,22,30H,13-14H2,1-6H3/b23-21+. The molecule has 2 aromatic carbocycles. The summed E-state index contributed by atoms with van der Waals surface area (Å²) in [5.74, 6) is -1.48. The Morgan fingerprint density at radius 3 is 2.27 bits per heavy atom. The zero-order valence-corrected chi connectivity index (χ0v) is 20.7. The van der Waals surface area contributed by atoms with Gasteiger partial charge in [-0.2, -0.15) is 0 Å². The van der Waals surface area contributed by atoms with Crippen LogP contribution in [0.25, 0.3) is 5.76 Å². The Kier molecular flexibility index (Phi) is 7.20. The van der Waals surface area contributed by atoms with E-state index in [-0.39, 0.29) is 21.6 Å².